The number of cyclic esters (lactones) is 1. The number of hydrogen-bond acceptors (Lipinski definition) is 3. The number of nitrogens with zero attached hydrogens (tertiary/aromatic N) is 1. The lowest BCUT2D eigenvalue weighted by atomic mass is 9.97. The maximum absolute atomic E-state index is 11.7. The molecule has 18 heavy (non-hydrogen) atoms. The zero-order chi connectivity index (χ0) is 13.3. The van der Waals surface area contributed by atoms with Crippen LogP contribution in [0.1, 0.15) is 31.9 Å². The van der Waals surface area contributed by atoms with Gasteiger partial charge in [0.05, 0.1) is 0 Å². The third-order valence-electron chi connectivity index (χ3n) is 2.61. The van der Waals surface area contributed by atoms with Crippen LogP contribution in [0.2, 0.25) is 0 Å². The number of aliphatic imine (C=N–C) groups is 1. The van der Waals surface area contributed by atoms with E-state index in [9.17, 15) is 4.79 Å². The molecule has 1 aliphatic heterocycles. The van der Waals surface area contributed by atoms with E-state index in [2.05, 4.69) is 4.99 Å². The minimum Gasteiger partial charge on any atom is -0.406 e. The number of rotatable bonds is 1. The van der Waals surface area contributed by atoms with E-state index < -0.39 is 0 Å². The molecular weight excluding hydrogens is 226 g/mol. The molecule has 3 nitrogen and oxygen atoms in total. The summed E-state index contributed by atoms with van der Waals surface area (Å²) in [5.74, 6) is 0.104. The highest BCUT2D eigenvalue weighted by Crippen LogP contribution is 2.25. The van der Waals surface area contributed by atoms with Gasteiger partial charge in [-0.05, 0) is 18.6 Å². The summed E-state index contributed by atoms with van der Waals surface area (Å²) in [7, 11) is 0. The lowest BCUT2D eigenvalue weighted by Gasteiger charge is -2.15. The van der Waals surface area contributed by atoms with Crippen molar-refractivity contribution in [2.45, 2.75) is 27.7 Å². The SMILES string of the molecule is Cc1cccc(/C=C2\N=C(C(C)(C)C)OC2=O)c1. The fraction of sp³-hybridized carbons (Fsp3) is 0.333. The van der Waals surface area contributed by atoms with E-state index in [0.717, 1.165) is 11.1 Å². The second kappa shape index (κ2) is 4.41. The smallest absolute Gasteiger partial charge is 0.363 e. The number of aryl methyl sites for hydroxylation is 1. The van der Waals surface area contributed by atoms with Crippen molar-refractivity contribution >= 4 is 17.9 Å². The largest absolute Gasteiger partial charge is 0.406 e. The molecule has 0 unspecified atom stereocenters. The molecule has 0 bridgehead atoms. The minimum absolute atomic E-state index is 0.252. The number of benzene rings is 1. The van der Waals surface area contributed by atoms with Gasteiger partial charge in [0.2, 0.25) is 5.90 Å². The van der Waals surface area contributed by atoms with E-state index in [4.69, 9.17) is 4.74 Å². The van der Waals surface area contributed by atoms with Crippen LogP contribution in [0.3, 0.4) is 0 Å². The number of carbonyl (C=O) groups excluding carboxylic acids is 1. The Kier molecular flexibility index (Phi) is 3.07. The van der Waals surface area contributed by atoms with Crippen LogP contribution in [0.5, 0.6) is 0 Å². The average Bonchev–Trinajstić information content (AvgIpc) is 2.60. The highest BCUT2D eigenvalue weighted by molar-refractivity contribution is 6.08. The lowest BCUT2D eigenvalue weighted by Crippen LogP contribution is -2.21. The normalized spacial score (nSPS) is 17.9. The van der Waals surface area contributed by atoms with Gasteiger partial charge in [0.15, 0.2) is 5.70 Å². The van der Waals surface area contributed by atoms with Crippen LogP contribution in [-0.2, 0) is 9.53 Å². The molecule has 1 aliphatic rings. The number of carbonyl (C=O) groups is 1. The molecular formula is C15H17NO2. The van der Waals surface area contributed by atoms with Gasteiger partial charge in [0, 0.05) is 5.41 Å². The fourth-order valence-corrected chi connectivity index (χ4v) is 1.65. The maximum atomic E-state index is 11.7. The molecule has 2 rings (SSSR count). The number of hydrogen-bond donors (Lipinski definition) is 0. The summed E-state index contributed by atoms with van der Waals surface area (Å²) < 4.78 is 5.18. The van der Waals surface area contributed by atoms with Crippen LogP contribution in [0, 0.1) is 12.3 Å². The van der Waals surface area contributed by atoms with Gasteiger partial charge in [0.25, 0.3) is 0 Å². The van der Waals surface area contributed by atoms with Gasteiger partial charge in [0.1, 0.15) is 0 Å². The van der Waals surface area contributed by atoms with Crippen molar-refractivity contribution in [3.8, 4) is 0 Å². The molecule has 1 aromatic carbocycles. The van der Waals surface area contributed by atoms with Crippen LogP contribution >= 0.6 is 0 Å². The molecule has 0 aromatic heterocycles. The van der Waals surface area contributed by atoms with Crippen molar-refractivity contribution < 1.29 is 9.53 Å². The van der Waals surface area contributed by atoms with Crippen molar-refractivity contribution in [1.29, 1.82) is 0 Å². The van der Waals surface area contributed by atoms with Gasteiger partial charge in [-0.25, -0.2) is 9.79 Å². The monoisotopic (exact) mass is 243 g/mol. The molecule has 0 aliphatic carbocycles. The maximum Gasteiger partial charge on any atom is 0.363 e. The summed E-state index contributed by atoms with van der Waals surface area (Å²) in [5.41, 5.74) is 2.22. The van der Waals surface area contributed by atoms with Crippen LogP contribution in [0.4, 0.5) is 0 Å². The Bertz CT molecular complexity index is 548. The van der Waals surface area contributed by atoms with E-state index in [1.165, 1.54) is 0 Å². The second-order valence-electron chi connectivity index (χ2n) is 5.50. The first-order valence-corrected chi connectivity index (χ1v) is 5.96. The average molecular weight is 243 g/mol. The number of esters is 1. The molecule has 1 aromatic rings. The molecule has 0 amide bonds. The van der Waals surface area contributed by atoms with Gasteiger partial charge in [-0.1, -0.05) is 50.6 Å². The zero-order valence-corrected chi connectivity index (χ0v) is 11.2. The third kappa shape index (κ3) is 2.67. The zero-order valence-electron chi connectivity index (χ0n) is 11.2. The van der Waals surface area contributed by atoms with E-state index in [0.29, 0.717) is 11.6 Å². The van der Waals surface area contributed by atoms with Gasteiger partial charge in [-0.15, -0.1) is 0 Å². The van der Waals surface area contributed by atoms with Crippen LogP contribution < -0.4 is 0 Å². The standard InChI is InChI=1S/C15H17NO2/c1-10-6-5-7-11(8-10)9-12-13(17)18-14(16-12)15(2,3)4/h5-9H,1-4H3/b12-9-. The highest BCUT2D eigenvalue weighted by Gasteiger charge is 2.31. The van der Waals surface area contributed by atoms with Crippen molar-refractivity contribution in [3.63, 3.8) is 0 Å². The molecule has 1 heterocycles. The first-order chi connectivity index (χ1) is 8.36. The Balaban J connectivity index is 2.34. The Morgan fingerprint density at radius 2 is 2.00 bits per heavy atom. The highest BCUT2D eigenvalue weighted by atomic mass is 16.6. The predicted molar refractivity (Wildman–Crippen MR) is 72.1 cm³/mol. The van der Waals surface area contributed by atoms with Gasteiger partial charge < -0.3 is 4.74 Å². The summed E-state index contributed by atoms with van der Waals surface area (Å²) in [4.78, 5) is 16.0. The molecule has 0 saturated heterocycles. The molecule has 0 radical (unpaired) electrons. The summed E-state index contributed by atoms with van der Waals surface area (Å²) in [5, 5.41) is 0. The fourth-order valence-electron chi connectivity index (χ4n) is 1.65. The molecule has 3 heteroatoms. The second-order valence-corrected chi connectivity index (χ2v) is 5.50. The van der Waals surface area contributed by atoms with Crippen LogP contribution in [0.25, 0.3) is 6.08 Å². The first-order valence-electron chi connectivity index (χ1n) is 5.96. The first kappa shape index (κ1) is 12.6. The number of ether oxygens (including phenoxy) is 1. The third-order valence-corrected chi connectivity index (χ3v) is 2.61. The molecule has 0 N–H and O–H groups in total. The van der Waals surface area contributed by atoms with E-state index in [1.54, 1.807) is 6.08 Å². The van der Waals surface area contributed by atoms with Crippen LogP contribution in [0.15, 0.2) is 35.0 Å². The Morgan fingerprint density at radius 3 is 2.56 bits per heavy atom. The summed E-state index contributed by atoms with van der Waals surface area (Å²) in [6.07, 6.45) is 1.76. The Labute approximate surface area is 107 Å². The van der Waals surface area contributed by atoms with Gasteiger partial charge >= 0.3 is 5.97 Å². The molecule has 0 saturated carbocycles. The van der Waals surface area contributed by atoms with Crippen molar-refractivity contribution in [3.05, 3.63) is 41.1 Å². The quantitative estimate of drug-likeness (QED) is 0.560. The Hall–Kier alpha value is -1.90. The van der Waals surface area contributed by atoms with E-state index in [1.807, 2.05) is 52.0 Å². The van der Waals surface area contributed by atoms with E-state index in [-0.39, 0.29) is 11.4 Å². The molecule has 0 spiro atoms. The summed E-state index contributed by atoms with van der Waals surface area (Å²) in [6.45, 7) is 7.91. The molecule has 94 valence electrons. The van der Waals surface area contributed by atoms with Gasteiger partial charge in [-0.3, -0.25) is 0 Å². The van der Waals surface area contributed by atoms with Crippen LogP contribution in [-0.4, -0.2) is 11.9 Å². The Morgan fingerprint density at radius 1 is 1.28 bits per heavy atom. The predicted octanol–water partition coefficient (Wildman–Crippen LogP) is 3.34. The molecule has 0 fully saturated rings. The minimum atomic E-state index is -0.374. The van der Waals surface area contributed by atoms with Crippen molar-refractivity contribution in [2.75, 3.05) is 0 Å². The summed E-state index contributed by atoms with van der Waals surface area (Å²) in [6, 6.07) is 7.91. The lowest BCUT2D eigenvalue weighted by molar-refractivity contribution is -0.130. The van der Waals surface area contributed by atoms with E-state index >= 15 is 0 Å². The topological polar surface area (TPSA) is 38.7 Å². The van der Waals surface area contributed by atoms with Crippen molar-refractivity contribution in [2.24, 2.45) is 10.4 Å². The summed E-state index contributed by atoms with van der Waals surface area (Å²) >= 11 is 0. The molecule has 0 atom stereocenters. The van der Waals surface area contributed by atoms with Crippen molar-refractivity contribution in [1.82, 2.24) is 0 Å². The van der Waals surface area contributed by atoms with Gasteiger partial charge in [-0.2, -0.15) is 0 Å².